The number of H-pyrrole nitrogens is 1. The number of benzene rings is 1. The van der Waals surface area contributed by atoms with Gasteiger partial charge in [-0.05, 0) is 44.0 Å². The van der Waals surface area contributed by atoms with Crippen molar-refractivity contribution in [2.75, 3.05) is 59.4 Å². The molecule has 0 atom stereocenters. The van der Waals surface area contributed by atoms with Crippen LogP contribution in [0.3, 0.4) is 0 Å². The van der Waals surface area contributed by atoms with E-state index in [1.807, 2.05) is 7.05 Å². The fourth-order valence-electron chi connectivity index (χ4n) is 3.87. The molecule has 6 nitrogen and oxygen atoms in total. The number of nitrogens with zero attached hydrogens (tertiary/aromatic N) is 3. The summed E-state index contributed by atoms with van der Waals surface area (Å²) in [6.45, 7) is 11.4. The highest BCUT2D eigenvalue weighted by Gasteiger charge is 2.14. The molecule has 0 radical (unpaired) electrons. The molecule has 162 valence electrons. The van der Waals surface area contributed by atoms with Gasteiger partial charge < -0.3 is 25.4 Å². The van der Waals surface area contributed by atoms with E-state index >= 15 is 0 Å². The lowest BCUT2D eigenvalue weighted by molar-refractivity contribution is 0.136. The van der Waals surface area contributed by atoms with Gasteiger partial charge in [0.1, 0.15) is 0 Å². The maximum Gasteiger partial charge on any atom is 0.190 e. The van der Waals surface area contributed by atoms with E-state index in [1.165, 1.54) is 68.6 Å². The molecule has 1 saturated heterocycles. The molecule has 0 saturated carbocycles. The molecule has 2 heterocycles. The molecule has 1 aliphatic heterocycles. The number of hydrogen-bond acceptors (Lipinski definition) is 3. The number of aromatic nitrogens is 1. The molecule has 7 heteroatoms. The zero-order chi connectivity index (χ0) is 19.6. The van der Waals surface area contributed by atoms with Crippen LogP contribution in [0.1, 0.15) is 25.3 Å². The van der Waals surface area contributed by atoms with Crippen molar-refractivity contribution in [3.05, 3.63) is 36.0 Å². The Hall–Kier alpha value is -1.32. The fourth-order valence-corrected chi connectivity index (χ4v) is 3.87. The van der Waals surface area contributed by atoms with E-state index in [2.05, 4.69) is 67.8 Å². The number of nitrogens with one attached hydrogen (secondary N) is 3. The lowest BCUT2D eigenvalue weighted by Crippen LogP contribution is -2.46. The molecule has 1 aliphatic rings. The van der Waals surface area contributed by atoms with Crippen molar-refractivity contribution < 1.29 is 0 Å². The van der Waals surface area contributed by atoms with Crippen molar-refractivity contribution in [1.29, 1.82) is 0 Å². The van der Waals surface area contributed by atoms with Crippen molar-refractivity contribution in [2.45, 2.75) is 26.2 Å². The minimum Gasteiger partial charge on any atom is -0.361 e. The molecule has 1 aromatic carbocycles. The highest BCUT2D eigenvalue weighted by Crippen LogP contribution is 2.17. The highest BCUT2D eigenvalue weighted by molar-refractivity contribution is 14.0. The molecule has 0 bridgehead atoms. The standard InChI is InChI=1S/C22H36N6.HI/c1-3-27-14-16-28(17-15-27)13-7-6-11-24-22(23-2)25-12-10-19-18-26-21-9-5-4-8-20(19)21;/h4-5,8-9,18,26H,3,6-7,10-17H2,1-2H3,(H2,23,24,25);1H. The van der Waals surface area contributed by atoms with Gasteiger partial charge in [-0.25, -0.2) is 0 Å². The molecule has 0 spiro atoms. The fraction of sp³-hybridized carbons (Fsp3) is 0.591. The van der Waals surface area contributed by atoms with Gasteiger partial charge in [0.2, 0.25) is 0 Å². The topological polar surface area (TPSA) is 58.7 Å². The number of piperazine rings is 1. The van der Waals surface area contributed by atoms with E-state index in [1.54, 1.807) is 0 Å². The van der Waals surface area contributed by atoms with Gasteiger partial charge in [-0.3, -0.25) is 4.99 Å². The van der Waals surface area contributed by atoms with Crippen molar-refractivity contribution in [3.63, 3.8) is 0 Å². The number of unbranched alkanes of at least 4 members (excludes halogenated alkanes) is 1. The molecular formula is C22H37IN6. The Morgan fingerprint density at radius 3 is 2.52 bits per heavy atom. The van der Waals surface area contributed by atoms with Crippen molar-refractivity contribution >= 4 is 40.8 Å². The number of aromatic amines is 1. The Morgan fingerprint density at radius 2 is 1.76 bits per heavy atom. The van der Waals surface area contributed by atoms with Crippen LogP contribution in [0.25, 0.3) is 10.9 Å². The Kier molecular flexibility index (Phi) is 10.8. The van der Waals surface area contributed by atoms with Crippen LogP contribution in [0, 0.1) is 0 Å². The first-order valence-corrected chi connectivity index (χ1v) is 10.7. The minimum atomic E-state index is 0. The molecule has 29 heavy (non-hydrogen) atoms. The summed E-state index contributed by atoms with van der Waals surface area (Å²) < 4.78 is 0. The van der Waals surface area contributed by atoms with Crippen LogP contribution in [0.4, 0.5) is 0 Å². The number of rotatable bonds is 9. The SMILES string of the molecule is CCN1CCN(CCCCNC(=NC)NCCc2c[nH]c3ccccc23)CC1.I. The largest absolute Gasteiger partial charge is 0.361 e. The van der Waals surface area contributed by atoms with E-state index in [0.29, 0.717) is 0 Å². The Labute approximate surface area is 192 Å². The average molecular weight is 512 g/mol. The van der Waals surface area contributed by atoms with Gasteiger partial charge in [0.05, 0.1) is 0 Å². The van der Waals surface area contributed by atoms with Crippen LogP contribution < -0.4 is 10.6 Å². The second-order valence-electron chi connectivity index (χ2n) is 7.52. The summed E-state index contributed by atoms with van der Waals surface area (Å²) in [7, 11) is 1.84. The molecule has 0 aliphatic carbocycles. The van der Waals surface area contributed by atoms with Crippen molar-refractivity contribution in [1.82, 2.24) is 25.4 Å². The van der Waals surface area contributed by atoms with Gasteiger partial charge in [0, 0.05) is 63.4 Å². The smallest absolute Gasteiger partial charge is 0.190 e. The number of likely N-dealkylation sites (N-methyl/N-ethyl adjacent to an activating group) is 1. The summed E-state index contributed by atoms with van der Waals surface area (Å²) in [5, 5.41) is 8.19. The number of halogens is 1. The lowest BCUT2D eigenvalue weighted by atomic mass is 10.1. The van der Waals surface area contributed by atoms with Gasteiger partial charge in [0.25, 0.3) is 0 Å². The zero-order valence-corrected chi connectivity index (χ0v) is 20.2. The molecule has 0 unspecified atom stereocenters. The predicted molar refractivity (Wildman–Crippen MR) is 135 cm³/mol. The summed E-state index contributed by atoms with van der Waals surface area (Å²) in [4.78, 5) is 12.8. The predicted octanol–water partition coefficient (Wildman–Crippen LogP) is 2.91. The quantitative estimate of drug-likeness (QED) is 0.209. The van der Waals surface area contributed by atoms with E-state index in [4.69, 9.17) is 0 Å². The summed E-state index contributed by atoms with van der Waals surface area (Å²) in [6.07, 6.45) is 5.51. The molecule has 1 aromatic heterocycles. The summed E-state index contributed by atoms with van der Waals surface area (Å²) >= 11 is 0. The third-order valence-electron chi connectivity index (χ3n) is 5.69. The number of aliphatic imine (C=N–C) groups is 1. The van der Waals surface area contributed by atoms with Gasteiger partial charge in [-0.15, -0.1) is 24.0 Å². The number of hydrogen-bond donors (Lipinski definition) is 3. The molecular weight excluding hydrogens is 475 g/mol. The van der Waals surface area contributed by atoms with E-state index in [-0.39, 0.29) is 24.0 Å². The second-order valence-corrected chi connectivity index (χ2v) is 7.52. The third kappa shape index (κ3) is 7.46. The van der Waals surface area contributed by atoms with Crippen molar-refractivity contribution in [3.8, 4) is 0 Å². The molecule has 3 N–H and O–H groups in total. The third-order valence-corrected chi connectivity index (χ3v) is 5.69. The van der Waals surface area contributed by atoms with Crippen LogP contribution in [0.2, 0.25) is 0 Å². The Balaban J connectivity index is 0.00000300. The number of para-hydroxylation sites is 1. The summed E-state index contributed by atoms with van der Waals surface area (Å²) in [6, 6.07) is 8.46. The van der Waals surface area contributed by atoms with Crippen LogP contribution in [0.15, 0.2) is 35.5 Å². The van der Waals surface area contributed by atoms with Crippen LogP contribution in [-0.2, 0) is 6.42 Å². The van der Waals surface area contributed by atoms with Crippen LogP contribution >= 0.6 is 24.0 Å². The molecule has 1 fully saturated rings. The number of fused-ring (bicyclic) bond motifs is 1. The van der Waals surface area contributed by atoms with Crippen LogP contribution in [-0.4, -0.2) is 80.1 Å². The maximum atomic E-state index is 4.35. The molecule has 3 rings (SSSR count). The Morgan fingerprint density at radius 1 is 1.03 bits per heavy atom. The van der Waals surface area contributed by atoms with Gasteiger partial charge in [-0.1, -0.05) is 25.1 Å². The van der Waals surface area contributed by atoms with E-state index in [9.17, 15) is 0 Å². The summed E-state index contributed by atoms with van der Waals surface area (Å²) in [5.74, 6) is 0.899. The van der Waals surface area contributed by atoms with E-state index < -0.39 is 0 Å². The maximum absolute atomic E-state index is 4.35. The first-order valence-electron chi connectivity index (χ1n) is 10.7. The molecule has 0 amide bonds. The first-order chi connectivity index (χ1) is 13.8. The van der Waals surface area contributed by atoms with Crippen molar-refractivity contribution in [2.24, 2.45) is 4.99 Å². The zero-order valence-electron chi connectivity index (χ0n) is 17.9. The monoisotopic (exact) mass is 512 g/mol. The summed E-state index contributed by atoms with van der Waals surface area (Å²) in [5.41, 5.74) is 2.55. The minimum absolute atomic E-state index is 0. The first kappa shape index (κ1) is 24.0. The van der Waals surface area contributed by atoms with Gasteiger partial charge >= 0.3 is 0 Å². The van der Waals surface area contributed by atoms with Gasteiger partial charge in [-0.2, -0.15) is 0 Å². The lowest BCUT2D eigenvalue weighted by Gasteiger charge is -2.34. The Bertz CT molecular complexity index is 736. The van der Waals surface area contributed by atoms with Crippen LogP contribution in [0.5, 0.6) is 0 Å². The normalized spacial score (nSPS) is 16.0. The average Bonchev–Trinajstić information content (AvgIpc) is 3.16. The van der Waals surface area contributed by atoms with Gasteiger partial charge in [0.15, 0.2) is 5.96 Å². The second kappa shape index (κ2) is 13.1. The van der Waals surface area contributed by atoms with E-state index in [0.717, 1.165) is 25.5 Å². The number of guanidine groups is 1. The molecule has 2 aromatic rings. The highest BCUT2D eigenvalue weighted by atomic mass is 127.